The SMILES string of the molecule is O=C(CC[NH+]1CC[NH+](c2ccc(F)cc2)CC1)C1CCCCC1.[Cl-].[Cl-]. The molecule has 1 aliphatic heterocycles. The molecule has 1 aromatic carbocycles. The van der Waals surface area contributed by atoms with Crippen LogP contribution >= 0.6 is 0 Å². The van der Waals surface area contributed by atoms with Gasteiger partial charge in [0.15, 0.2) is 0 Å². The molecule has 0 unspecified atom stereocenters. The van der Waals surface area contributed by atoms with Crippen LogP contribution in [0.15, 0.2) is 24.3 Å². The Labute approximate surface area is 162 Å². The second kappa shape index (κ2) is 11.1. The summed E-state index contributed by atoms with van der Waals surface area (Å²) in [5.41, 5.74) is 1.18. The maximum atomic E-state index is 13.0. The van der Waals surface area contributed by atoms with Crippen molar-refractivity contribution in [2.75, 3.05) is 32.7 Å². The Kier molecular flexibility index (Phi) is 9.95. The molecule has 0 radical (unpaired) electrons. The van der Waals surface area contributed by atoms with Crippen LogP contribution in [0.2, 0.25) is 0 Å². The molecule has 0 amide bonds. The van der Waals surface area contributed by atoms with Gasteiger partial charge >= 0.3 is 0 Å². The van der Waals surface area contributed by atoms with Crippen LogP contribution in [-0.4, -0.2) is 38.5 Å². The second-order valence-electron chi connectivity index (χ2n) is 7.16. The Morgan fingerprint density at radius 1 is 0.960 bits per heavy atom. The first-order valence-electron chi connectivity index (χ1n) is 9.19. The molecule has 0 aromatic heterocycles. The minimum absolute atomic E-state index is 0. The van der Waals surface area contributed by atoms with Crippen molar-refractivity contribution in [2.45, 2.75) is 38.5 Å². The molecule has 3 nitrogen and oxygen atoms in total. The quantitative estimate of drug-likeness (QED) is 0.516. The molecule has 3 rings (SSSR count). The topological polar surface area (TPSA) is 26.0 Å². The molecule has 2 fully saturated rings. The lowest BCUT2D eigenvalue weighted by Gasteiger charge is -2.29. The number of hydrogen-bond donors (Lipinski definition) is 2. The van der Waals surface area contributed by atoms with Crippen molar-refractivity contribution in [1.82, 2.24) is 0 Å². The molecule has 2 aliphatic rings. The van der Waals surface area contributed by atoms with E-state index in [1.165, 1.54) is 29.8 Å². The van der Waals surface area contributed by atoms with Crippen molar-refractivity contribution in [3.63, 3.8) is 0 Å². The third-order valence-corrected chi connectivity index (χ3v) is 5.60. The number of benzene rings is 1. The van der Waals surface area contributed by atoms with E-state index in [4.69, 9.17) is 0 Å². The molecular formula is C19H29Cl2FN2O. The minimum Gasteiger partial charge on any atom is -1.00 e. The van der Waals surface area contributed by atoms with Crippen LogP contribution in [0.1, 0.15) is 38.5 Å². The Morgan fingerprint density at radius 3 is 2.16 bits per heavy atom. The number of hydrogen-bond acceptors (Lipinski definition) is 1. The highest BCUT2D eigenvalue weighted by atomic mass is 35.5. The summed E-state index contributed by atoms with van der Waals surface area (Å²) >= 11 is 0. The number of ketones is 1. The van der Waals surface area contributed by atoms with Crippen LogP contribution in [0, 0.1) is 11.7 Å². The van der Waals surface area contributed by atoms with Crippen molar-refractivity contribution in [1.29, 1.82) is 0 Å². The van der Waals surface area contributed by atoms with Crippen LogP contribution in [-0.2, 0) is 4.79 Å². The lowest BCUT2D eigenvalue weighted by Crippen LogP contribution is -3.26. The number of quaternary nitrogens is 2. The van der Waals surface area contributed by atoms with Crippen LogP contribution in [0.4, 0.5) is 10.1 Å². The van der Waals surface area contributed by atoms with E-state index in [9.17, 15) is 9.18 Å². The number of Topliss-reactive ketones (excluding diaryl/α,β-unsaturated/α-hetero) is 1. The average Bonchev–Trinajstić information content (AvgIpc) is 2.61. The predicted octanol–water partition coefficient (Wildman–Crippen LogP) is -5.21. The summed E-state index contributed by atoms with van der Waals surface area (Å²) < 4.78 is 13.0. The molecule has 1 aliphatic carbocycles. The molecule has 0 atom stereocenters. The number of rotatable bonds is 5. The first-order chi connectivity index (χ1) is 11.2. The zero-order chi connectivity index (χ0) is 16.1. The molecule has 1 aromatic rings. The highest BCUT2D eigenvalue weighted by molar-refractivity contribution is 5.81. The fourth-order valence-electron chi connectivity index (χ4n) is 4.06. The Bertz CT molecular complexity index is 513. The molecule has 1 heterocycles. The van der Waals surface area contributed by atoms with Crippen molar-refractivity contribution in [3.8, 4) is 0 Å². The maximum absolute atomic E-state index is 13.0. The van der Waals surface area contributed by atoms with E-state index >= 15 is 0 Å². The summed E-state index contributed by atoms with van der Waals surface area (Å²) in [5, 5.41) is 0. The van der Waals surface area contributed by atoms with E-state index in [-0.39, 0.29) is 30.6 Å². The summed E-state index contributed by atoms with van der Waals surface area (Å²) in [7, 11) is 0. The number of carbonyl (C=O) groups excluding carboxylic acids is 1. The fourth-order valence-corrected chi connectivity index (χ4v) is 4.06. The highest BCUT2D eigenvalue weighted by Crippen LogP contribution is 2.24. The van der Waals surface area contributed by atoms with Crippen molar-refractivity contribution in [2.24, 2.45) is 5.92 Å². The lowest BCUT2D eigenvalue weighted by molar-refractivity contribution is -0.986. The predicted molar refractivity (Wildman–Crippen MR) is 88.5 cm³/mol. The molecular weight excluding hydrogens is 362 g/mol. The van der Waals surface area contributed by atoms with Gasteiger partial charge in [-0.15, -0.1) is 0 Å². The van der Waals surface area contributed by atoms with Gasteiger partial charge in [0.1, 0.15) is 43.5 Å². The summed E-state index contributed by atoms with van der Waals surface area (Å²) in [6.45, 7) is 5.33. The fraction of sp³-hybridized carbons (Fsp3) is 0.632. The molecule has 1 saturated heterocycles. The largest absolute Gasteiger partial charge is 1.00 e. The van der Waals surface area contributed by atoms with Gasteiger partial charge in [0.25, 0.3) is 0 Å². The Morgan fingerprint density at radius 2 is 1.56 bits per heavy atom. The standard InChI is InChI=1S/C19H27FN2O.2ClH/c20-17-6-8-18(9-7-17)22-14-12-21(13-15-22)11-10-19(23)16-4-2-1-3-5-16;;/h6-9,16H,1-5,10-15H2;2*1H. The van der Waals surface area contributed by atoms with E-state index in [0.29, 0.717) is 11.7 Å². The van der Waals surface area contributed by atoms with E-state index in [0.717, 1.165) is 52.0 Å². The van der Waals surface area contributed by atoms with Gasteiger partial charge in [0.05, 0.1) is 13.0 Å². The first-order valence-corrected chi connectivity index (χ1v) is 9.19. The summed E-state index contributed by atoms with van der Waals surface area (Å²) in [6, 6.07) is 6.87. The van der Waals surface area contributed by atoms with Crippen molar-refractivity contribution in [3.05, 3.63) is 30.1 Å². The highest BCUT2D eigenvalue weighted by Gasteiger charge is 2.26. The summed E-state index contributed by atoms with van der Waals surface area (Å²) in [6.07, 6.45) is 6.79. The third-order valence-electron chi connectivity index (χ3n) is 5.60. The zero-order valence-electron chi connectivity index (χ0n) is 14.7. The molecule has 6 heteroatoms. The molecule has 25 heavy (non-hydrogen) atoms. The Balaban J connectivity index is 0.00000156. The number of nitrogens with one attached hydrogen (secondary N) is 2. The molecule has 142 valence electrons. The maximum Gasteiger partial charge on any atom is 0.141 e. The number of piperazine rings is 1. The van der Waals surface area contributed by atoms with Gasteiger partial charge in [-0.2, -0.15) is 0 Å². The van der Waals surface area contributed by atoms with E-state index < -0.39 is 0 Å². The van der Waals surface area contributed by atoms with Gasteiger partial charge in [-0.3, -0.25) is 9.69 Å². The molecule has 1 saturated carbocycles. The van der Waals surface area contributed by atoms with Crippen molar-refractivity contribution >= 4 is 11.5 Å². The van der Waals surface area contributed by atoms with Crippen molar-refractivity contribution < 1.29 is 43.8 Å². The number of halogens is 3. The van der Waals surface area contributed by atoms with E-state index in [1.807, 2.05) is 12.1 Å². The van der Waals surface area contributed by atoms with Gasteiger partial charge in [-0.25, -0.2) is 4.39 Å². The first kappa shape index (κ1) is 22.4. The minimum atomic E-state index is -0.168. The van der Waals surface area contributed by atoms with Gasteiger partial charge in [-0.1, -0.05) is 19.3 Å². The lowest BCUT2D eigenvalue weighted by atomic mass is 9.85. The smallest absolute Gasteiger partial charge is 0.141 e. The zero-order valence-corrected chi connectivity index (χ0v) is 16.2. The summed E-state index contributed by atoms with van der Waals surface area (Å²) in [4.78, 5) is 15.3. The molecule has 0 spiro atoms. The van der Waals surface area contributed by atoms with Gasteiger partial charge in [0, 0.05) is 18.1 Å². The van der Waals surface area contributed by atoms with E-state index in [2.05, 4.69) is 0 Å². The Hall–Kier alpha value is -0.680. The molecule has 2 N–H and O–H groups in total. The van der Waals surface area contributed by atoms with Crippen LogP contribution in [0.3, 0.4) is 0 Å². The monoisotopic (exact) mass is 390 g/mol. The summed E-state index contributed by atoms with van der Waals surface area (Å²) in [5.74, 6) is 0.693. The molecule has 0 bridgehead atoms. The average molecular weight is 391 g/mol. The van der Waals surface area contributed by atoms with Crippen LogP contribution < -0.4 is 34.6 Å². The number of carbonyl (C=O) groups is 1. The third kappa shape index (κ3) is 6.52. The van der Waals surface area contributed by atoms with Crippen LogP contribution in [0.5, 0.6) is 0 Å². The van der Waals surface area contributed by atoms with Gasteiger partial charge in [-0.05, 0) is 25.0 Å². The van der Waals surface area contributed by atoms with Gasteiger partial charge < -0.3 is 29.7 Å². The second-order valence-corrected chi connectivity index (χ2v) is 7.16. The van der Waals surface area contributed by atoms with Crippen LogP contribution in [0.25, 0.3) is 0 Å². The normalized spacial score (nSPS) is 24.0. The van der Waals surface area contributed by atoms with E-state index in [1.54, 1.807) is 17.0 Å². The van der Waals surface area contributed by atoms with Gasteiger partial charge in [0.2, 0.25) is 0 Å².